The molecule has 0 unspecified atom stereocenters. The molecule has 0 saturated carbocycles. The number of aliphatic imine (C=N–C) groups is 1. The van der Waals surface area contributed by atoms with Gasteiger partial charge in [-0.2, -0.15) is 5.10 Å². The number of hydrogen-bond donors (Lipinski definition) is 0. The zero-order valence-corrected chi connectivity index (χ0v) is 61.9. The van der Waals surface area contributed by atoms with Crippen LogP contribution in [0.4, 0.5) is 5.69 Å². The minimum atomic E-state index is 1.01. The molecule has 15 aromatic rings. The zero-order chi connectivity index (χ0) is 70.2. The van der Waals surface area contributed by atoms with Crippen molar-refractivity contribution in [3.05, 3.63) is 267 Å². The van der Waals surface area contributed by atoms with E-state index in [4.69, 9.17) is 0 Å². The largest absolute Gasteiger partial charge is 0.351 e. The van der Waals surface area contributed by atoms with Crippen LogP contribution in [0.5, 0.6) is 0 Å². The van der Waals surface area contributed by atoms with Gasteiger partial charge in [-0.3, -0.25) is 4.99 Å². The van der Waals surface area contributed by atoms with Gasteiger partial charge >= 0.3 is 0 Å². The Labute approximate surface area is 571 Å². The van der Waals surface area contributed by atoms with Gasteiger partial charge in [0.1, 0.15) is 17.3 Å². The minimum absolute atomic E-state index is 1.01. The summed E-state index contributed by atoms with van der Waals surface area (Å²) in [6, 6.07) is 55.3. The molecule has 0 spiro atoms. The smallest absolute Gasteiger partial charge is 0.136 e. The molecule has 0 bridgehead atoms. The highest BCUT2D eigenvalue weighted by atomic mass is 15.2. The number of rotatable bonds is 0. The lowest BCUT2D eigenvalue weighted by molar-refractivity contribution is 0.885. The molecule has 10 heterocycles. The van der Waals surface area contributed by atoms with E-state index < -0.39 is 0 Å². The molecule has 16 rings (SSSR count). The molecule has 0 atom stereocenters. The molecule has 0 aliphatic carbocycles. The monoisotopic (exact) mass is 1280 g/mol. The van der Waals surface area contributed by atoms with E-state index in [0.717, 1.165) is 51.8 Å². The van der Waals surface area contributed by atoms with Gasteiger partial charge in [0.15, 0.2) is 0 Å². The summed E-state index contributed by atoms with van der Waals surface area (Å²) in [4.78, 5) is 17.6. The Hall–Kier alpha value is -10.1. The van der Waals surface area contributed by atoms with E-state index in [0.29, 0.717) is 0 Å². The molecule has 9 aromatic heterocycles. The summed E-state index contributed by atoms with van der Waals surface area (Å²) in [6.07, 6.45) is 9.11. The number of para-hydroxylation sites is 1. The van der Waals surface area contributed by atoms with Gasteiger partial charge in [0, 0.05) is 105 Å². The van der Waals surface area contributed by atoms with Crippen molar-refractivity contribution in [1.29, 1.82) is 0 Å². The predicted molar refractivity (Wildman–Crippen MR) is 412 cm³/mol. The average molecular weight is 1280 g/mol. The van der Waals surface area contributed by atoms with Crippen LogP contribution in [0.25, 0.3) is 65.9 Å². The maximum atomic E-state index is 4.48. The quantitative estimate of drug-likeness (QED) is 0.151. The lowest BCUT2D eigenvalue weighted by Gasteiger charge is -2.00. The van der Waals surface area contributed by atoms with Crippen LogP contribution in [0.15, 0.2) is 188 Å². The van der Waals surface area contributed by atoms with Crippen molar-refractivity contribution in [2.45, 2.75) is 138 Å². The van der Waals surface area contributed by atoms with Crippen LogP contribution >= 0.6 is 0 Å². The van der Waals surface area contributed by atoms with Crippen LogP contribution in [0, 0.1) is 96.9 Å². The van der Waals surface area contributed by atoms with E-state index in [9.17, 15) is 0 Å². The molecule has 1 aliphatic rings. The maximum absolute atomic E-state index is 4.48. The highest BCUT2D eigenvalue weighted by Gasteiger charge is 2.10. The molecular formula is C84H104N12. The van der Waals surface area contributed by atoms with Crippen molar-refractivity contribution in [3.63, 3.8) is 0 Å². The first-order valence-electron chi connectivity index (χ1n) is 33.6. The van der Waals surface area contributed by atoms with E-state index in [2.05, 4.69) is 292 Å². The van der Waals surface area contributed by atoms with Gasteiger partial charge in [0.2, 0.25) is 0 Å². The van der Waals surface area contributed by atoms with Crippen LogP contribution in [0.1, 0.15) is 119 Å². The number of hydrogen-bond acceptors (Lipinski definition) is 5. The first-order chi connectivity index (χ1) is 45.8. The summed E-state index contributed by atoms with van der Waals surface area (Å²) in [5.74, 6) is 2.13. The first-order valence-corrected chi connectivity index (χ1v) is 33.6. The van der Waals surface area contributed by atoms with Crippen molar-refractivity contribution in [3.8, 4) is 0 Å². The molecule has 96 heavy (non-hydrogen) atoms. The van der Waals surface area contributed by atoms with Crippen LogP contribution in [-0.4, -0.2) is 57.5 Å². The summed E-state index contributed by atoms with van der Waals surface area (Å²) in [5, 5.41) is 8.32. The summed E-state index contributed by atoms with van der Waals surface area (Å²) in [6.45, 7) is 39.4. The van der Waals surface area contributed by atoms with E-state index in [1.807, 2.05) is 114 Å². The van der Waals surface area contributed by atoms with E-state index in [1.165, 1.54) is 116 Å². The van der Waals surface area contributed by atoms with Crippen LogP contribution in [0.2, 0.25) is 0 Å². The van der Waals surface area contributed by atoms with E-state index in [1.54, 1.807) is 0 Å². The second-order valence-electron chi connectivity index (χ2n) is 24.9. The molecule has 0 saturated heterocycles. The number of aryl methyl sites for hydroxylation is 18. The Bertz CT molecular complexity index is 5050. The number of imidazole rings is 3. The molecule has 1 aliphatic heterocycles. The van der Waals surface area contributed by atoms with Crippen LogP contribution in [-0.2, 0) is 41.7 Å². The minimum Gasteiger partial charge on any atom is -0.351 e. The number of fused-ring (bicyclic) bond motifs is 8. The van der Waals surface area contributed by atoms with Crippen molar-refractivity contribution >= 4 is 77.3 Å². The van der Waals surface area contributed by atoms with Gasteiger partial charge in [0.25, 0.3) is 0 Å². The average Bonchev–Trinajstić information content (AvgIpc) is 1.65. The highest BCUT2D eigenvalue weighted by Crippen LogP contribution is 2.27. The molecule has 12 heteroatoms. The molecule has 12 nitrogen and oxygen atoms in total. The van der Waals surface area contributed by atoms with Gasteiger partial charge in [-0.15, -0.1) is 0 Å². The number of benzene rings is 6. The van der Waals surface area contributed by atoms with E-state index in [-0.39, 0.29) is 0 Å². The summed E-state index contributed by atoms with van der Waals surface area (Å²) in [7, 11) is 10.4. The van der Waals surface area contributed by atoms with Gasteiger partial charge in [-0.1, -0.05) is 93.4 Å². The maximum Gasteiger partial charge on any atom is 0.136 e. The van der Waals surface area contributed by atoms with Gasteiger partial charge in [-0.05, 0) is 257 Å². The molecular weight excluding hydrogens is 1180 g/mol. The first kappa shape index (κ1) is 73.3. The zero-order valence-electron chi connectivity index (χ0n) is 61.9. The molecule has 0 radical (unpaired) electrons. The predicted octanol–water partition coefficient (Wildman–Crippen LogP) is 21.1. The second-order valence-corrected chi connectivity index (χ2v) is 24.9. The summed E-state index contributed by atoms with van der Waals surface area (Å²) < 4.78 is 14.7. The fourth-order valence-electron chi connectivity index (χ4n) is 11.4. The third-order valence-corrected chi connectivity index (χ3v) is 17.4. The fourth-order valence-corrected chi connectivity index (χ4v) is 11.4. The Morgan fingerprint density at radius 1 is 0.396 bits per heavy atom. The third kappa shape index (κ3) is 18.2. The van der Waals surface area contributed by atoms with Crippen molar-refractivity contribution in [1.82, 2.24) is 51.8 Å². The molecule has 0 amide bonds. The van der Waals surface area contributed by atoms with Gasteiger partial charge < -0.3 is 27.2 Å². The Morgan fingerprint density at radius 3 is 1.66 bits per heavy atom. The fraction of sp³-hybridized carbons (Fsp3) is 0.298. The van der Waals surface area contributed by atoms with E-state index >= 15 is 0 Å². The number of aromatic nitrogens is 11. The Balaban J connectivity index is 0.000000154. The molecule has 6 aromatic carbocycles. The summed E-state index contributed by atoms with van der Waals surface area (Å²) in [5.41, 5.74) is 29.9. The van der Waals surface area contributed by atoms with Crippen LogP contribution in [0.3, 0.4) is 0 Å². The number of nitrogens with zero attached hydrogens (tertiary/aromatic N) is 12. The van der Waals surface area contributed by atoms with Gasteiger partial charge in [-0.25, -0.2) is 19.5 Å². The highest BCUT2D eigenvalue weighted by molar-refractivity contribution is 5.92. The van der Waals surface area contributed by atoms with Crippen molar-refractivity contribution < 1.29 is 0 Å². The van der Waals surface area contributed by atoms with Crippen molar-refractivity contribution in [2.24, 2.45) is 40.2 Å². The topological polar surface area (TPSA) is 97.4 Å². The SMILES string of the molecule is CC.CC.CC1=Nc2ccccc2C1.Cc1cc2nc(C)n(C)c2cc1C.Cc1ccc2c(c1)c(C)c(C)n2C.Cc1ccc2c(c1)nc(C)n2C.Cc1ccc2c(ccn2C)c1.Cc1ccc2cc(C)n(C)c2c1.Cc1ccn2nc(C)cc2c1.Cc1cn2ccccc2n1. The number of pyridine rings is 2. The summed E-state index contributed by atoms with van der Waals surface area (Å²) >= 11 is 0. The second kappa shape index (κ2) is 33.4. The van der Waals surface area contributed by atoms with Crippen LogP contribution < -0.4 is 0 Å². The Kier molecular flexibility index (Phi) is 25.5. The Morgan fingerprint density at radius 2 is 0.969 bits per heavy atom. The lowest BCUT2D eigenvalue weighted by Crippen LogP contribution is -1.90. The molecule has 0 N–H and O–H groups in total. The lowest BCUT2D eigenvalue weighted by atomic mass is 10.1. The molecule has 0 fully saturated rings. The normalized spacial score (nSPS) is 10.9. The molecule has 500 valence electrons. The third-order valence-electron chi connectivity index (χ3n) is 17.4. The van der Waals surface area contributed by atoms with Gasteiger partial charge in [0.05, 0.1) is 44.7 Å². The standard InChI is InChI=1S/C12H15N.C11H14N2.C11H13N.C10H12N2.C10H11N.C9H10N2.C9H9N.C8H8N2.2C2H6/c1-8-5-6-12-11(7-8)9(2)10(3)13(12)4;1-7-5-10-11(6-8(7)2)13(4)9(3)12-10;1-8-4-5-10-7-9(2)12(3)11(10)6-8;1-7-4-5-10-9(6-7)11-8(2)12(10)3;1-8-3-4-10-9(7-8)5-6-11(10)2;1-7-3-4-11-9(5-7)6-8(2)10-11;1-7-6-8-4-2-3-5-9(8)10-7;1-7-6-10-5-3-2-4-8(10)9-7;2*1-2/h5-7H,1-4H3;5-6H,1-4H3;4-7H,1-3H3;4-6H,1-3H3;3-7H,1-2H3;3-6H,1-2H3;2-5H,6H2,1H3;2-6H,1H3;2*1-2H3. The van der Waals surface area contributed by atoms with Crippen molar-refractivity contribution in [2.75, 3.05) is 0 Å².